The third kappa shape index (κ3) is 2.50. The predicted octanol–water partition coefficient (Wildman–Crippen LogP) is 3.91. The number of halogens is 1. The fraction of sp³-hybridized carbons (Fsp3) is 0.385. The Kier molecular flexibility index (Phi) is 3.27. The van der Waals surface area contributed by atoms with Crippen LogP contribution in [0.25, 0.3) is 5.57 Å². The summed E-state index contributed by atoms with van der Waals surface area (Å²) in [7, 11) is 0. The minimum Gasteiger partial charge on any atom is -0.310 e. The van der Waals surface area contributed by atoms with Gasteiger partial charge in [-0.1, -0.05) is 28.1 Å². The topological polar surface area (TPSA) is 12.0 Å². The maximum absolute atomic E-state index is 3.99. The van der Waals surface area contributed by atoms with E-state index in [1.54, 1.807) is 0 Å². The van der Waals surface area contributed by atoms with E-state index in [2.05, 4.69) is 46.0 Å². The molecule has 1 unspecified atom stereocenters. The van der Waals surface area contributed by atoms with E-state index in [-0.39, 0.29) is 0 Å². The van der Waals surface area contributed by atoms with E-state index in [9.17, 15) is 0 Å². The van der Waals surface area contributed by atoms with Crippen LogP contribution < -0.4 is 5.32 Å². The second kappa shape index (κ2) is 4.50. The summed E-state index contributed by atoms with van der Waals surface area (Å²) in [5.41, 5.74) is 3.73. The molecule has 1 saturated heterocycles. The first-order valence-corrected chi connectivity index (χ1v) is 6.16. The second-order valence-corrected chi connectivity index (χ2v) is 5.12. The molecule has 1 aromatic carbocycles. The summed E-state index contributed by atoms with van der Waals surface area (Å²) in [6.45, 7) is 7.18. The molecule has 1 nitrogen and oxygen atoms in total. The van der Waals surface area contributed by atoms with Gasteiger partial charge >= 0.3 is 0 Å². The van der Waals surface area contributed by atoms with Gasteiger partial charge in [0.25, 0.3) is 0 Å². The zero-order valence-electron chi connectivity index (χ0n) is 9.02. The van der Waals surface area contributed by atoms with Crippen LogP contribution in [0.1, 0.15) is 36.9 Å². The summed E-state index contributed by atoms with van der Waals surface area (Å²) in [4.78, 5) is 0. The van der Waals surface area contributed by atoms with Gasteiger partial charge in [0.1, 0.15) is 0 Å². The summed E-state index contributed by atoms with van der Waals surface area (Å²) < 4.78 is 1.15. The molecule has 0 spiro atoms. The Hall–Kier alpha value is -0.600. The van der Waals surface area contributed by atoms with E-state index in [0.29, 0.717) is 6.04 Å². The molecule has 1 heterocycles. The Balaban J connectivity index is 2.34. The van der Waals surface area contributed by atoms with Crippen molar-refractivity contribution in [1.82, 2.24) is 5.32 Å². The Labute approximate surface area is 99.7 Å². The molecule has 1 fully saturated rings. The molecule has 80 valence electrons. The molecule has 15 heavy (non-hydrogen) atoms. The molecule has 2 rings (SSSR count). The fourth-order valence-corrected chi connectivity index (χ4v) is 2.54. The van der Waals surface area contributed by atoms with Gasteiger partial charge in [0.15, 0.2) is 0 Å². The average molecular weight is 266 g/mol. The van der Waals surface area contributed by atoms with E-state index in [0.717, 1.165) is 16.6 Å². The van der Waals surface area contributed by atoms with Crippen molar-refractivity contribution in [2.45, 2.75) is 25.8 Å². The Bertz CT molecular complexity index is 378. The molecule has 1 atom stereocenters. The second-order valence-electron chi connectivity index (χ2n) is 4.20. The van der Waals surface area contributed by atoms with E-state index < -0.39 is 0 Å². The van der Waals surface area contributed by atoms with Gasteiger partial charge in [0, 0.05) is 10.5 Å². The lowest BCUT2D eigenvalue weighted by molar-refractivity contribution is 0.647. The maximum Gasteiger partial charge on any atom is 0.0321 e. The van der Waals surface area contributed by atoms with Crippen LogP contribution in [0.3, 0.4) is 0 Å². The summed E-state index contributed by atoms with van der Waals surface area (Å²) in [5.74, 6) is 0. The molecule has 0 saturated carbocycles. The van der Waals surface area contributed by atoms with E-state index in [1.807, 2.05) is 6.92 Å². The van der Waals surface area contributed by atoms with Gasteiger partial charge in [-0.2, -0.15) is 0 Å². The van der Waals surface area contributed by atoms with Gasteiger partial charge in [-0.25, -0.2) is 0 Å². The van der Waals surface area contributed by atoms with Crippen molar-refractivity contribution in [3.63, 3.8) is 0 Å². The minimum absolute atomic E-state index is 0.528. The number of nitrogens with one attached hydrogen (secondary N) is 1. The highest BCUT2D eigenvalue weighted by Gasteiger charge is 2.16. The van der Waals surface area contributed by atoms with Gasteiger partial charge in [-0.3, -0.25) is 0 Å². The number of rotatable bonds is 2. The first-order valence-electron chi connectivity index (χ1n) is 5.36. The van der Waals surface area contributed by atoms with E-state index >= 15 is 0 Å². The van der Waals surface area contributed by atoms with E-state index in [4.69, 9.17) is 0 Å². The standard InChI is InChI=1S/C13H16BrN/c1-9(2)10-6-11(8-12(14)7-10)13-4-3-5-15-13/h6-8,13,15H,1,3-5H2,2H3. The monoisotopic (exact) mass is 265 g/mol. The molecule has 1 aromatic rings. The average Bonchev–Trinajstić information content (AvgIpc) is 2.69. The quantitative estimate of drug-likeness (QED) is 0.855. The van der Waals surface area contributed by atoms with Crippen LogP contribution in [0, 0.1) is 0 Å². The lowest BCUT2D eigenvalue weighted by Crippen LogP contribution is -2.12. The van der Waals surface area contributed by atoms with Crippen molar-refractivity contribution in [3.05, 3.63) is 40.4 Å². The van der Waals surface area contributed by atoms with Crippen LogP contribution in [0.15, 0.2) is 29.3 Å². The summed E-state index contributed by atoms with van der Waals surface area (Å²) >= 11 is 3.56. The van der Waals surface area contributed by atoms with Crippen molar-refractivity contribution in [2.75, 3.05) is 6.54 Å². The van der Waals surface area contributed by atoms with Gasteiger partial charge in [0.05, 0.1) is 0 Å². The molecule has 2 heteroatoms. The number of hydrogen-bond donors (Lipinski definition) is 1. The molecule has 0 aromatic heterocycles. The third-order valence-electron chi connectivity index (χ3n) is 2.88. The van der Waals surface area contributed by atoms with Crippen LogP contribution in [-0.2, 0) is 0 Å². The van der Waals surface area contributed by atoms with Crippen LogP contribution in [0.5, 0.6) is 0 Å². The van der Waals surface area contributed by atoms with Crippen LogP contribution in [0.4, 0.5) is 0 Å². The SMILES string of the molecule is C=C(C)c1cc(Br)cc(C2CCCN2)c1. The molecule has 1 N–H and O–H groups in total. The number of hydrogen-bond acceptors (Lipinski definition) is 1. The lowest BCUT2D eigenvalue weighted by atomic mass is 10.00. The zero-order valence-corrected chi connectivity index (χ0v) is 10.6. The van der Waals surface area contributed by atoms with Gasteiger partial charge in [-0.15, -0.1) is 0 Å². The Morgan fingerprint density at radius 1 is 1.47 bits per heavy atom. The van der Waals surface area contributed by atoms with Crippen LogP contribution in [0.2, 0.25) is 0 Å². The zero-order chi connectivity index (χ0) is 10.8. The van der Waals surface area contributed by atoms with Crippen molar-refractivity contribution in [2.24, 2.45) is 0 Å². The van der Waals surface area contributed by atoms with Crippen molar-refractivity contribution in [3.8, 4) is 0 Å². The third-order valence-corrected chi connectivity index (χ3v) is 3.33. The smallest absolute Gasteiger partial charge is 0.0321 e. The highest BCUT2D eigenvalue weighted by Crippen LogP contribution is 2.28. The largest absolute Gasteiger partial charge is 0.310 e. The molecule has 1 aliphatic heterocycles. The Morgan fingerprint density at radius 2 is 2.27 bits per heavy atom. The minimum atomic E-state index is 0.528. The molecular weight excluding hydrogens is 250 g/mol. The normalized spacial score (nSPS) is 20.5. The highest BCUT2D eigenvalue weighted by atomic mass is 79.9. The van der Waals surface area contributed by atoms with Gasteiger partial charge < -0.3 is 5.32 Å². The molecule has 0 amide bonds. The summed E-state index contributed by atoms with van der Waals surface area (Å²) in [5, 5.41) is 3.52. The lowest BCUT2D eigenvalue weighted by Gasteiger charge is -2.13. The van der Waals surface area contributed by atoms with E-state index in [1.165, 1.54) is 24.0 Å². The van der Waals surface area contributed by atoms with Crippen LogP contribution >= 0.6 is 15.9 Å². The van der Waals surface area contributed by atoms with Gasteiger partial charge in [0.2, 0.25) is 0 Å². The maximum atomic E-state index is 3.99. The molecule has 0 bridgehead atoms. The first-order chi connectivity index (χ1) is 7.16. The summed E-state index contributed by atoms with van der Waals surface area (Å²) in [6, 6.07) is 7.10. The summed E-state index contributed by atoms with van der Waals surface area (Å²) in [6.07, 6.45) is 2.52. The van der Waals surface area contributed by atoms with Crippen molar-refractivity contribution < 1.29 is 0 Å². The molecule has 0 aliphatic carbocycles. The molecular formula is C13H16BrN. The van der Waals surface area contributed by atoms with Gasteiger partial charge in [-0.05, 0) is 55.6 Å². The highest BCUT2D eigenvalue weighted by molar-refractivity contribution is 9.10. The predicted molar refractivity (Wildman–Crippen MR) is 68.8 cm³/mol. The van der Waals surface area contributed by atoms with Crippen molar-refractivity contribution in [1.29, 1.82) is 0 Å². The number of benzene rings is 1. The molecule has 0 radical (unpaired) electrons. The fourth-order valence-electron chi connectivity index (χ4n) is 2.03. The first kappa shape index (κ1) is 10.9. The van der Waals surface area contributed by atoms with Crippen molar-refractivity contribution >= 4 is 21.5 Å². The number of allylic oxidation sites excluding steroid dienone is 1. The van der Waals surface area contributed by atoms with Crippen LogP contribution in [-0.4, -0.2) is 6.54 Å². The molecule has 1 aliphatic rings. The Morgan fingerprint density at radius 3 is 2.87 bits per heavy atom.